The zero-order valence-electron chi connectivity index (χ0n) is 24.8. The molecule has 16 nitrogen and oxygen atoms in total. The van der Waals surface area contributed by atoms with E-state index in [0.717, 1.165) is 5.56 Å². The Morgan fingerprint density at radius 3 is 2.22 bits per heavy atom. The number of rotatable bonds is 18. The minimum absolute atomic E-state index is 0.113. The normalized spacial score (nSPS) is 16.8. The molecule has 5 atom stereocenters. The van der Waals surface area contributed by atoms with Gasteiger partial charge in [-0.2, -0.15) is 12.6 Å². The molecule has 11 N–H and O–H groups in total. The topological polar surface area (TPSA) is 273 Å². The van der Waals surface area contributed by atoms with Crippen molar-refractivity contribution in [2.24, 2.45) is 22.2 Å². The summed E-state index contributed by atoms with van der Waals surface area (Å²) in [6.07, 6.45) is 0.513. The van der Waals surface area contributed by atoms with Crippen LogP contribution < -0.4 is 33.2 Å². The summed E-state index contributed by atoms with van der Waals surface area (Å²) < 4.78 is 0. The summed E-state index contributed by atoms with van der Waals surface area (Å²) in [5, 5.41) is 25.8. The first-order valence-electron chi connectivity index (χ1n) is 14.5. The summed E-state index contributed by atoms with van der Waals surface area (Å²) >= 11 is 4.22. The number of thiol groups is 1. The molecule has 0 radical (unpaired) electrons. The Labute approximate surface area is 265 Å². The van der Waals surface area contributed by atoms with E-state index in [9.17, 15) is 33.9 Å². The highest BCUT2D eigenvalue weighted by atomic mass is 32.1. The standard InChI is InChI=1S/C28H42N8O8S/c29-17(14-16-6-2-1-3-7-16)23(39)33-18(8-4-12-32-28(30)31)24(40)35-20(15-45)26(42)36-13-5-9-21(36)25(41)34-19(27(43)44)10-11-22(37)38/h1-3,6-7,17-21,45H,4-5,8-15,29H2,(H,33,39)(H,34,41)(H,35,40)(H,37,38)(H,43,44)(H4,30,31,32)/t17-,18-,19-,20-,21-/m0/s1. The Morgan fingerprint density at radius 1 is 0.956 bits per heavy atom. The highest BCUT2D eigenvalue weighted by Crippen LogP contribution is 2.20. The second-order valence-electron chi connectivity index (χ2n) is 10.6. The predicted octanol–water partition coefficient (Wildman–Crippen LogP) is -2.07. The molecule has 45 heavy (non-hydrogen) atoms. The maximum Gasteiger partial charge on any atom is 0.326 e. The molecule has 0 saturated carbocycles. The Balaban J connectivity index is 2.12. The van der Waals surface area contributed by atoms with Gasteiger partial charge in [-0.1, -0.05) is 30.3 Å². The van der Waals surface area contributed by atoms with E-state index >= 15 is 0 Å². The molecule has 1 aliphatic rings. The largest absolute Gasteiger partial charge is 0.481 e. The SMILES string of the molecule is NC(N)=NCCC[C@H](NC(=O)[C@@H](N)Cc1ccccc1)C(=O)N[C@@H](CS)C(=O)N1CCC[C@H]1C(=O)N[C@@H](CCC(=O)O)C(=O)O. The number of amides is 4. The fourth-order valence-corrected chi connectivity index (χ4v) is 5.01. The summed E-state index contributed by atoms with van der Waals surface area (Å²) in [5.41, 5.74) is 17.7. The van der Waals surface area contributed by atoms with E-state index in [4.69, 9.17) is 22.3 Å². The molecule has 1 fully saturated rings. The number of nitrogens with two attached hydrogens (primary N) is 3. The maximum atomic E-state index is 13.5. The quantitative estimate of drug-likeness (QED) is 0.0360. The molecule has 1 aliphatic heterocycles. The van der Waals surface area contributed by atoms with Crippen molar-refractivity contribution in [2.75, 3.05) is 18.8 Å². The van der Waals surface area contributed by atoms with Crippen LogP contribution in [0.2, 0.25) is 0 Å². The van der Waals surface area contributed by atoms with Crippen LogP contribution in [-0.4, -0.2) is 106 Å². The van der Waals surface area contributed by atoms with Crippen molar-refractivity contribution in [2.45, 2.75) is 75.2 Å². The van der Waals surface area contributed by atoms with Gasteiger partial charge < -0.3 is 48.3 Å². The predicted molar refractivity (Wildman–Crippen MR) is 167 cm³/mol. The molecule has 0 bridgehead atoms. The second-order valence-corrected chi connectivity index (χ2v) is 10.9. The summed E-state index contributed by atoms with van der Waals surface area (Å²) in [5.74, 6) is -5.55. The Hall–Kier alpha value is -4.38. The van der Waals surface area contributed by atoms with Gasteiger partial charge in [0.25, 0.3) is 0 Å². The van der Waals surface area contributed by atoms with Crippen LogP contribution in [0.5, 0.6) is 0 Å². The third kappa shape index (κ3) is 12.3. The van der Waals surface area contributed by atoms with E-state index < -0.39 is 72.2 Å². The zero-order valence-corrected chi connectivity index (χ0v) is 25.7. The number of carboxylic acid groups (broad SMARTS) is 2. The first-order valence-corrected chi connectivity index (χ1v) is 15.1. The molecule has 248 valence electrons. The van der Waals surface area contributed by atoms with Gasteiger partial charge >= 0.3 is 11.9 Å². The first-order chi connectivity index (χ1) is 21.3. The molecule has 1 heterocycles. The van der Waals surface area contributed by atoms with Gasteiger partial charge in [0.1, 0.15) is 24.2 Å². The summed E-state index contributed by atoms with van der Waals surface area (Å²) in [7, 11) is 0. The lowest BCUT2D eigenvalue weighted by atomic mass is 10.0. The van der Waals surface area contributed by atoms with Crippen molar-refractivity contribution in [3.05, 3.63) is 35.9 Å². The van der Waals surface area contributed by atoms with Crippen LogP contribution in [0.4, 0.5) is 0 Å². The van der Waals surface area contributed by atoms with Crippen molar-refractivity contribution in [1.29, 1.82) is 0 Å². The molecule has 0 aromatic heterocycles. The number of carbonyl (C=O) groups excluding carboxylic acids is 4. The van der Waals surface area contributed by atoms with E-state index in [1.165, 1.54) is 4.90 Å². The van der Waals surface area contributed by atoms with Gasteiger partial charge in [-0.25, -0.2) is 4.79 Å². The fraction of sp³-hybridized carbons (Fsp3) is 0.536. The summed E-state index contributed by atoms with van der Waals surface area (Å²) in [6, 6.07) is 3.35. The lowest BCUT2D eigenvalue weighted by molar-refractivity contribution is -0.145. The number of carbonyl (C=O) groups is 6. The molecular weight excluding hydrogens is 608 g/mol. The van der Waals surface area contributed by atoms with E-state index in [1.807, 2.05) is 30.3 Å². The Morgan fingerprint density at radius 2 is 1.62 bits per heavy atom. The van der Waals surface area contributed by atoms with Crippen molar-refractivity contribution >= 4 is 54.2 Å². The first kappa shape index (κ1) is 36.8. The lowest BCUT2D eigenvalue weighted by Gasteiger charge is -2.30. The van der Waals surface area contributed by atoms with Gasteiger partial charge in [0.05, 0.1) is 6.04 Å². The third-order valence-corrected chi connectivity index (χ3v) is 7.48. The van der Waals surface area contributed by atoms with Crippen molar-refractivity contribution in [3.8, 4) is 0 Å². The number of benzene rings is 1. The number of guanidine groups is 1. The van der Waals surface area contributed by atoms with E-state index in [2.05, 4.69) is 33.6 Å². The minimum atomic E-state index is -1.46. The molecule has 4 amide bonds. The van der Waals surface area contributed by atoms with Gasteiger partial charge in [-0.15, -0.1) is 0 Å². The summed E-state index contributed by atoms with van der Waals surface area (Å²) in [6.45, 7) is 0.346. The maximum absolute atomic E-state index is 13.5. The van der Waals surface area contributed by atoms with E-state index in [1.54, 1.807) is 0 Å². The van der Waals surface area contributed by atoms with Gasteiger partial charge in [-0.3, -0.25) is 29.0 Å². The average Bonchev–Trinajstić information content (AvgIpc) is 3.49. The molecule has 0 aliphatic carbocycles. The molecule has 1 aromatic rings. The van der Waals surface area contributed by atoms with Crippen LogP contribution in [0.15, 0.2) is 35.3 Å². The fourth-order valence-electron chi connectivity index (χ4n) is 4.77. The number of carboxylic acids is 2. The molecule has 2 rings (SSSR count). The number of nitrogens with zero attached hydrogens (tertiary/aromatic N) is 2. The average molecular weight is 651 g/mol. The molecule has 0 spiro atoms. The van der Waals surface area contributed by atoms with Gasteiger partial charge in [0, 0.05) is 25.3 Å². The smallest absolute Gasteiger partial charge is 0.326 e. The highest BCUT2D eigenvalue weighted by Gasteiger charge is 2.39. The molecular formula is C28H42N8O8S. The number of hydrogen-bond acceptors (Lipinski definition) is 9. The van der Waals surface area contributed by atoms with Crippen LogP contribution in [0.25, 0.3) is 0 Å². The van der Waals surface area contributed by atoms with Crippen molar-refractivity contribution in [1.82, 2.24) is 20.9 Å². The number of hydrogen-bond donors (Lipinski definition) is 9. The Bertz CT molecular complexity index is 1230. The summed E-state index contributed by atoms with van der Waals surface area (Å²) in [4.78, 5) is 80.3. The van der Waals surface area contributed by atoms with Crippen LogP contribution >= 0.6 is 12.6 Å². The highest BCUT2D eigenvalue weighted by molar-refractivity contribution is 7.80. The van der Waals surface area contributed by atoms with Crippen molar-refractivity contribution < 1.29 is 39.0 Å². The number of likely N-dealkylation sites (tertiary alicyclic amines) is 1. The van der Waals surface area contributed by atoms with Gasteiger partial charge in [0.15, 0.2) is 5.96 Å². The number of nitrogens with one attached hydrogen (secondary N) is 3. The second kappa shape index (κ2) is 18.4. The minimum Gasteiger partial charge on any atom is -0.481 e. The van der Waals surface area contributed by atoms with E-state index in [0.29, 0.717) is 12.8 Å². The van der Waals surface area contributed by atoms with Crippen LogP contribution in [0.1, 0.15) is 44.1 Å². The van der Waals surface area contributed by atoms with Crippen LogP contribution in [0, 0.1) is 0 Å². The van der Waals surface area contributed by atoms with Crippen molar-refractivity contribution in [3.63, 3.8) is 0 Å². The van der Waals surface area contributed by atoms with Gasteiger partial charge in [0.2, 0.25) is 23.6 Å². The molecule has 1 aromatic carbocycles. The van der Waals surface area contributed by atoms with E-state index in [-0.39, 0.29) is 50.5 Å². The van der Waals surface area contributed by atoms with Crippen LogP contribution in [-0.2, 0) is 35.2 Å². The number of aliphatic carboxylic acids is 2. The zero-order chi connectivity index (χ0) is 33.5. The van der Waals surface area contributed by atoms with Crippen LogP contribution in [0.3, 0.4) is 0 Å². The van der Waals surface area contributed by atoms with Gasteiger partial charge in [-0.05, 0) is 44.1 Å². The number of aliphatic imine (C=N–C) groups is 1. The Kier molecular flexibility index (Phi) is 15.1. The lowest BCUT2D eigenvalue weighted by Crippen LogP contribution is -2.59. The molecule has 0 unspecified atom stereocenters. The molecule has 1 saturated heterocycles. The third-order valence-electron chi connectivity index (χ3n) is 7.11. The monoisotopic (exact) mass is 650 g/mol. The molecule has 17 heteroatoms.